The van der Waals surface area contributed by atoms with E-state index in [1.54, 1.807) is 12.3 Å². The second-order valence-corrected chi connectivity index (χ2v) is 6.34. The molecule has 3 heterocycles. The van der Waals surface area contributed by atoms with Crippen LogP contribution in [0.15, 0.2) is 59.8 Å². The average molecular weight is 333 g/mol. The minimum atomic E-state index is -0.106. The summed E-state index contributed by atoms with van der Waals surface area (Å²) in [7, 11) is 0. The second kappa shape index (κ2) is 6.05. The molecule has 0 radical (unpaired) electrons. The third-order valence-electron chi connectivity index (χ3n) is 4.39. The van der Waals surface area contributed by atoms with Crippen molar-refractivity contribution in [3.05, 3.63) is 76.6 Å². The van der Waals surface area contributed by atoms with Crippen LogP contribution in [-0.2, 0) is 6.42 Å². The molecule has 4 rings (SSSR count). The lowest BCUT2D eigenvalue weighted by atomic mass is 10.1. The molecule has 126 valence electrons. The van der Waals surface area contributed by atoms with Gasteiger partial charge in [-0.1, -0.05) is 29.8 Å². The van der Waals surface area contributed by atoms with E-state index in [0.717, 1.165) is 16.8 Å². The fraction of sp³-hybridized carbons (Fsp3) is 0.211. The second-order valence-electron chi connectivity index (χ2n) is 6.34. The first-order chi connectivity index (χ1) is 12.1. The van der Waals surface area contributed by atoms with Gasteiger partial charge in [-0.3, -0.25) is 14.6 Å². The van der Waals surface area contributed by atoms with Crippen LogP contribution in [0.25, 0.3) is 16.8 Å². The van der Waals surface area contributed by atoms with Gasteiger partial charge in [0.15, 0.2) is 5.65 Å². The highest BCUT2D eigenvalue weighted by Crippen LogP contribution is 2.23. The van der Waals surface area contributed by atoms with Crippen molar-refractivity contribution < 1.29 is 0 Å². The smallest absolute Gasteiger partial charge is 0.272 e. The van der Waals surface area contributed by atoms with Gasteiger partial charge in [-0.05, 0) is 25.5 Å². The van der Waals surface area contributed by atoms with Crippen molar-refractivity contribution in [3.8, 4) is 11.1 Å². The molecule has 0 bridgehead atoms. The molecule has 6 heteroatoms. The van der Waals surface area contributed by atoms with Crippen LogP contribution in [0.3, 0.4) is 0 Å². The zero-order chi connectivity index (χ0) is 17.4. The van der Waals surface area contributed by atoms with E-state index < -0.39 is 0 Å². The van der Waals surface area contributed by atoms with Crippen molar-refractivity contribution >= 4 is 5.65 Å². The Labute approximate surface area is 144 Å². The van der Waals surface area contributed by atoms with E-state index in [1.807, 2.05) is 35.3 Å². The molecule has 3 aromatic heterocycles. The SMILES string of the molecule is Cc1ccc(-c2c[nH]n3c(=O)cc(CC(C)n4cccn4)nc23)cc1. The van der Waals surface area contributed by atoms with Crippen LogP contribution in [0.2, 0.25) is 0 Å². The Morgan fingerprint density at radius 2 is 2.04 bits per heavy atom. The summed E-state index contributed by atoms with van der Waals surface area (Å²) < 4.78 is 3.36. The Kier molecular flexibility index (Phi) is 3.72. The van der Waals surface area contributed by atoms with Gasteiger partial charge in [0.25, 0.3) is 5.56 Å². The summed E-state index contributed by atoms with van der Waals surface area (Å²) in [6, 6.07) is 11.8. The molecule has 0 fully saturated rings. The number of aromatic amines is 1. The molecule has 6 nitrogen and oxygen atoms in total. The van der Waals surface area contributed by atoms with Crippen molar-refractivity contribution in [2.45, 2.75) is 26.3 Å². The highest BCUT2D eigenvalue weighted by Gasteiger charge is 2.13. The summed E-state index contributed by atoms with van der Waals surface area (Å²) in [6.07, 6.45) is 6.15. The maximum atomic E-state index is 12.4. The van der Waals surface area contributed by atoms with E-state index in [9.17, 15) is 4.79 Å². The number of aromatic nitrogens is 5. The van der Waals surface area contributed by atoms with Crippen molar-refractivity contribution in [2.24, 2.45) is 0 Å². The maximum Gasteiger partial charge on any atom is 0.272 e. The van der Waals surface area contributed by atoms with Gasteiger partial charge in [-0.2, -0.15) is 5.10 Å². The van der Waals surface area contributed by atoms with Crippen molar-refractivity contribution in [1.29, 1.82) is 0 Å². The third kappa shape index (κ3) is 2.87. The first-order valence-electron chi connectivity index (χ1n) is 8.28. The number of fused-ring (bicyclic) bond motifs is 1. The number of hydrogen-bond donors (Lipinski definition) is 1. The molecule has 0 aliphatic rings. The van der Waals surface area contributed by atoms with Gasteiger partial charge in [0.05, 0.1) is 11.7 Å². The quantitative estimate of drug-likeness (QED) is 0.624. The Morgan fingerprint density at radius 1 is 1.24 bits per heavy atom. The molecule has 1 aromatic carbocycles. The van der Waals surface area contributed by atoms with Gasteiger partial charge in [0, 0.05) is 36.6 Å². The predicted octanol–water partition coefficient (Wildman–Crippen LogP) is 3.00. The fourth-order valence-electron chi connectivity index (χ4n) is 3.02. The van der Waals surface area contributed by atoms with Crippen LogP contribution in [0.4, 0.5) is 0 Å². The lowest BCUT2D eigenvalue weighted by Crippen LogP contribution is -2.17. The van der Waals surface area contributed by atoms with Crippen LogP contribution in [0.5, 0.6) is 0 Å². The Hall–Kier alpha value is -3.15. The number of benzene rings is 1. The first-order valence-corrected chi connectivity index (χ1v) is 8.28. The Bertz CT molecular complexity index is 1060. The molecule has 1 atom stereocenters. The summed E-state index contributed by atoms with van der Waals surface area (Å²) >= 11 is 0. The summed E-state index contributed by atoms with van der Waals surface area (Å²) in [4.78, 5) is 17.2. The molecular formula is C19H19N5O. The molecule has 0 spiro atoms. The number of H-pyrrole nitrogens is 1. The molecule has 4 aromatic rings. The minimum absolute atomic E-state index is 0.106. The highest BCUT2D eigenvalue weighted by molar-refractivity contribution is 5.77. The number of aryl methyl sites for hydroxylation is 1. The van der Waals surface area contributed by atoms with Crippen LogP contribution in [0, 0.1) is 6.92 Å². The number of nitrogens with zero attached hydrogens (tertiary/aromatic N) is 4. The van der Waals surface area contributed by atoms with E-state index in [-0.39, 0.29) is 11.6 Å². The number of nitrogens with one attached hydrogen (secondary N) is 1. The van der Waals surface area contributed by atoms with Crippen molar-refractivity contribution in [3.63, 3.8) is 0 Å². The molecular weight excluding hydrogens is 314 g/mol. The standard InChI is InChI=1S/C19H19N5O/c1-13-4-6-15(7-5-13)17-12-21-24-18(25)11-16(22-19(17)24)10-14(2)23-9-3-8-20-23/h3-9,11-12,14,21H,10H2,1-2H3. The zero-order valence-electron chi connectivity index (χ0n) is 14.2. The van der Waals surface area contributed by atoms with Gasteiger partial charge < -0.3 is 0 Å². The summed E-state index contributed by atoms with van der Waals surface area (Å²) in [5, 5.41) is 7.26. The zero-order valence-corrected chi connectivity index (χ0v) is 14.2. The molecule has 0 saturated heterocycles. The molecule has 25 heavy (non-hydrogen) atoms. The van der Waals surface area contributed by atoms with Gasteiger partial charge in [0.2, 0.25) is 0 Å². The number of hydrogen-bond acceptors (Lipinski definition) is 3. The van der Waals surface area contributed by atoms with E-state index in [2.05, 4.69) is 36.2 Å². The molecule has 0 aliphatic carbocycles. The summed E-state index contributed by atoms with van der Waals surface area (Å²) in [6.45, 7) is 4.12. The lowest BCUT2D eigenvalue weighted by Gasteiger charge is -2.11. The van der Waals surface area contributed by atoms with Crippen LogP contribution < -0.4 is 5.56 Å². The predicted molar refractivity (Wildman–Crippen MR) is 96.6 cm³/mol. The van der Waals surface area contributed by atoms with Crippen LogP contribution in [0.1, 0.15) is 24.2 Å². The van der Waals surface area contributed by atoms with Crippen molar-refractivity contribution in [2.75, 3.05) is 0 Å². The van der Waals surface area contributed by atoms with E-state index in [0.29, 0.717) is 12.1 Å². The highest BCUT2D eigenvalue weighted by atomic mass is 16.1. The van der Waals surface area contributed by atoms with Crippen LogP contribution >= 0.6 is 0 Å². The Morgan fingerprint density at radius 3 is 2.76 bits per heavy atom. The monoisotopic (exact) mass is 333 g/mol. The van der Waals surface area contributed by atoms with E-state index >= 15 is 0 Å². The lowest BCUT2D eigenvalue weighted by molar-refractivity contribution is 0.484. The first kappa shape index (κ1) is 15.4. The molecule has 0 saturated carbocycles. The number of rotatable bonds is 4. The van der Waals surface area contributed by atoms with Gasteiger partial charge in [0.1, 0.15) is 0 Å². The van der Waals surface area contributed by atoms with E-state index in [4.69, 9.17) is 4.98 Å². The molecule has 0 aliphatic heterocycles. The molecule has 0 amide bonds. The summed E-state index contributed by atoms with van der Waals surface area (Å²) in [5.74, 6) is 0. The minimum Gasteiger partial charge on any atom is -0.296 e. The van der Waals surface area contributed by atoms with Crippen LogP contribution in [-0.4, -0.2) is 24.4 Å². The topological polar surface area (TPSA) is 68.0 Å². The normalized spacial score (nSPS) is 12.6. The van der Waals surface area contributed by atoms with Crippen molar-refractivity contribution in [1.82, 2.24) is 24.4 Å². The van der Waals surface area contributed by atoms with Gasteiger partial charge >= 0.3 is 0 Å². The molecule has 1 unspecified atom stereocenters. The summed E-state index contributed by atoms with van der Waals surface area (Å²) in [5.41, 5.74) is 4.47. The largest absolute Gasteiger partial charge is 0.296 e. The van der Waals surface area contributed by atoms with Gasteiger partial charge in [-0.15, -0.1) is 0 Å². The van der Waals surface area contributed by atoms with Gasteiger partial charge in [-0.25, -0.2) is 9.50 Å². The average Bonchev–Trinajstić information content (AvgIpc) is 3.25. The maximum absolute atomic E-state index is 12.4. The molecule has 1 N–H and O–H groups in total. The Balaban J connectivity index is 1.76. The van der Waals surface area contributed by atoms with E-state index in [1.165, 1.54) is 10.1 Å². The third-order valence-corrected chi connectivity index (χ3v) is 4.39. The fourth-order valence-corrected chi connectivity index (χ4v) is 3.02.